The van der Waals surface area contributed by atoms with E-state index < -0.39 is 6.10 Å². The number of nitrogens with zero attached hydrogens (tertiary/aromatic N) is 4. The Morgan fingerprint density at radius 1 is 1.36 bits per heavy atom. The Hall–Kier alpha value is -1.89. The molecule has 1 unspecified atom stereocenters. The molecule has 2 fully saturated rings. The van der Waals surface area contributed by atoms with Crippen LogP contribution in [0.3, 0.4) is 0 Å². The normalized spacial score (nSPS) is 23.1. The van der Waals surface area contributed by atoms with Gasteiger partial charge in [0.2, 0.25) is 11.9 Å². The van der Waals surface area contributed by atoms with Crippen LogP contribution in [0.1, 0.15) is 44.4 Å². The fourth-order valence-corrected chi connectivity index (χ4v) is 4.37. The number of nitrogen functional groups attached to an aromatic ring is 1. The fraction of sp³-hybridized carbons (Fsp3) is 0.722. The van der Waals surface area contributed by atoms with Gasteiger partial charge in [0.05, 0.1) is 11.8 Å². The van der Waals surface area contributed by atoms with Gasteiger partial charge in [-0.05, 0) is 38.0 Å². The number of hydrogen-bond acceptors (Lipinski definition) is 6. The number of β-amino-alcohol motifs (C(OH)–C–C–N with tert-alkyl or cyclic N) is 1. The van der Waals surface area contributed by atoms with Crippen LogP contribution in [0.15, 0.2) is 0 Å². The summed E-state index contributed by atoms with van der Waals surface area (Å²) in [6.45, 7) is 8.64. The highest BCUT2D eigenvalue weighted by atomic mass is 16.3. The number of aliphatic hydroxyl groups excluding tert-OH is 1. The number of aryl methyl sites for hydroxylation is 1. The lowest BCUT2D eigenvalue weighted by atomic mass is 9.71. The van der Waals surface area contributed by atoms with Crippen molar-refractivity contribution >= 4 is 17.7 Å². The number of nitrogens with two attached hydrogens (primary N) is 1. The van der Waals surface area contributed by atoms with E-state index in [9.17, 15) is 9.90 Å². The summed E-state index contributed by atoms with van der Waals surface area (Å²) in [4.78, 5) is 24.7. The van der Waals surface area contributed by atoms with Crippen molar-refractivity contribution in [2.45, 2.75) is 52.6 Å². The van der Waals surface area contributed by atoms with Gasteiger partial charge >= 0.3 is 0 Å². The average molecular weight is 347 g/mol. The lowest BCUT2D eigenvalue weighted by Crippen LogP contribution is -2.55. The largest absolute Gasteiger partial charge is 0.391 e. The second kappa shape index (κ2) is 6.78. The van der Waals surface area contributed by atoms with Crippen LogP contribution in [0.4, 0.5) is 11.8 Å². The number of anilines is 2. The van der Waals surface area contributed by atoms with E-state index >= 15 is 0 Å². The van der Waals surface area contributed by atoms with E-state index in [1.807, 2.05) is 0 Å². The summed E-state index contributed by atoms with van der Waals surface area (Å²) in [7, 11) is 0. The summed E-state index contributed by atoms with van der Waals surface area (Å²) in [6, 6.07) is 0. The van der Waals surface area contributed by atoms with Crippen molar-refractivity contribution in [1.82, 2.24) is 14.9 Å². The standard InChI is InChI=1S/C18H29N5O2/c1-4-15-12(2)16(21-17(19)20-15)22-7-5-18(6-8-22)9-14(25)10-23(11-18)13(3)24/h14,25H,4-11H2,1-3H3,(H2,19,20,21). The maximum absolute atomic E-state index is 11.8. The number of aromatic nitrogens is 2. The molecule has 7 nitrogen and oxygen atoms in total. The molecule has 0 bridgehead atoms. The highest BCUT2D eigenvalue weighted by Crippen LogP contribution is 2.41. The first-order valence-corrected chi connectivity index (χ1v) is 9.15. The predicted octanol–water partition coefficient (Wildman–Crippen LogP) is 1.13. The fourth-order valence-electron chi connectivity index (χ4n) is 4.37. The van der Waals surface area contributed by atoms with Crippen LogP contribution in [-0.2, 0) is 11.2 Å². The van der Waals surface area contributed by atoms with E-state index in [1.54, 1.807) is 11.8 Å². The van der Waals surface area contributed by atoms with E-state index in [-0.39, 0.29) is 11.3 Å². The Labute approximate surface area is 149 Å². The maximum Gasteiger partial charge on any atom is 0.222 e. The van der Waals surface area contributed by atoms with E-state index in [0.29, 0.717) is 12.5 Å². The molecular formula is C18H29N5O2. The molecule has 2 aliphatic heterocycles. The summed E-state index contributed by atoms with van der Waals surface area (Å²) in [5.41, 5.74) is 8.00. The third-order valence-corrected chi connectivity index (χ3v) is 5.77. The van der Waals surface area contributed by atoms with Crippen molar-refractivity contribution < 1.29 is 9.90 Å². The van der Waals surface area contributed by atoms with Crippen molar-refractivity contribution in [3.05, 3.63) is 11.3 Å². The van der Waals surface area contributed by atoms with Crippen LogP contribution < -0.4 is 10.6 Å². The molecule has 2 aliphatic rings. The first kappa shape index (κ1) is 17.9. The van der Waals surface area contributed by atoms with Crippen molar-refractivity contribution in [1.29, 1.82) is 0 Å². The molecule has 0 aromatic carbocycles. The monoisotopic (exact) mass is 347 g/mol. The van der Waals surface area contributed by atoms with Crippen LogP contribution >= 0.6 is 0 Å². The molecule has 7 heteroatoms. The quantitative estimate of drug-likeness (QED) is 0.833. The van der Waals surface area contributed by atoms with Gasteiger partial charge in [-0.2, -0.15) is 4.98 Å². The number of hydrogen-bond donors (Lipinski definition) is 2. The van der Waals surface area contributed by atoms with Gasteiger partial charge in [0.15, 0.2) is 0 Å². The highest BCUT2D eigenvalue weighted by molar-refractivity contribution is 5.73. The molecule has 3 rings (SSSR count). The zero-order valence-corrected chi connectivity index (χ0v) is 15.5. The molecule has 0 saturated carbocycles. The summed E-state index contributed by atoms with van der Waals surface area (Å²) in [5, 5.41) is 10.2. The SMILES string of the molecule is CCc1nc(N)nc(N2CCC3(CC2)CC(O)CN(C(C)=O)C3)c1C. The Kier molecular flexibility index (Phi) is 4.86. The molecule has 0 radical (unpaired) electrons. The third-order valence-electron chi connectivity index (χ3n) is 5.77. The number of aliphatic hydroxyl groups is 1. The van der Waals surface area contributed by atoms with Crippen LogP contribution in [-0.4, -0.2) is 58.2 Å². The lowest BCUT2D eigenvalue weighted by molar-refractivity contribution is -0.137. The Morgan fingerprint density at radius 3 is 2.64 bits per heavy atom. The zero-order chi connectivity index (χ0) is 18.2. The smallest absolute Gasteiger partial charge is 0.222 e. The summed E-state index contributed by atoms with van der Waals surface area (Å²) in [5.74, 6) is 1.31. The minimum Gasteiger partial charge on any atom is -0.391 e. The maximum atomic E-state index is 11.8. The van der Waals surface area contributed by atoms with Crippen molar-refractivity contribution in [3.63, 3.8) is 0 Å². The number of piperidine rings is 2. The zero-order valence-electron chi connectivity index (χ0n) is 15.5. The van der Waals surface area contributed by atoms with Crippen LogP contribution in [0.25, 0.3) is 0 Å². The first-order valence-electron chi connectivity index (χ1n) is 9.15. The molecule has 0 aliphatic carbocycles. The number of likely N-dealkylation sites (tertiary alicyclic amines) is 1. The van der Waals surface area contributed by atoms with Crippen molar-refractivity contribution in [2.75, 3.05) is 36.8 Å². The van der Waals surface area contributed by atoms with Gasteiger partial charge in [0.25, 0.3) is 0 Å². The minimum absolute atomic E-state index is 0.0138. The van der Waals surface area contributed by atoms with Crippen LogP contribution in [0.2, 0.25) is 0 Å². The van der Waals surface area contributed by atoms with E-state index in [0.717, 1.165) is 62.4 Å². The summed E-state index contributed by atoms with van der Waals surface area (Å²) >= 11 is 0. The van der Waals surface area contributed by atoms with Gasteiger partial charge in [-0.3, -0.25) is 4.79 Å². The number of rotatable bonds is 2. The second-order valence-corrected chi connectivity index (χ2v) is 7.58. The Morgan fingerprint density at radius 2 is 2.04 bits per heavy atom. The molecule has 1 aromatic heterocycles. The average Bonchev–Trinajstić information content (AvgIpc) is 2.57. The molecule has 1 spiro atoms. The van der Waals surface area contributed by atoms with Gasteiger partial charge in [-0.25, -0.2) is 4.98 Å². The van der Waals surface area contributed by atoms with Gasteiger partial charge < -0.3 is 20.6 Å². The highest BCUT2D eigenvalue weighted by Gasteiger charge is 2.42. The van der Waals surface area contributed by atoms with E-state index in [2.05, 4.69) is 28.7 Å². The summed E-state index contributed by atoms with van der Waals surface area (Å²) in [6.07, 6.45) is 3.07. The van der Waals surface area contributed by atoms with Gasteiger partial charge in [-0.1, -0.05) is 6.92 Å². The molecule has 25 heavy (non-hydrogen) atoms. The predicted molar refractivity (Wildman–Crippen MR) is 97.3 cm³/mol. The van der Waals surface area contributed by atoms with Crippen molar-refractivity contribution in [3.8, 4) is 0 Å². The Balaban J connectivity index is 1.76. The second-order valence-electron chi connectivity index (χ2n) is 7.58. The third kappa shape index (κ3) is 3.56. The van der Waals surface area contributed by atoms with Crippen LogP contribution in [0.5, 0.6) is 0 Å². The molecule has 138 valence electrons. The minimum atomic E-state index is -0.424. The number of carbonyl (C=O) groups is 1. The van der Waals surface area contributed by atoms with Crippen molar-refractivity contribution in [2.24, 2.45) is 5.41 Å². The lowest BCUT2D eigenvalue weighted by Gasteiger charge is -2.49. The molecule has 2 saturated heterocycles. The molecule has 3 heterocycles. The number of amides is 1. The Bertz CT molecular complexity index is 655. The first-order chi connectivity index (χ1) is 11.8. The molecule has 1 amide bonds. The van der Waals surface area contributed by atoms with Gasteiger partial charge in [-0.15, -0.1) is 0 Å². The molecule has 1 aromatic rings. The van der Waals surface area contributed by atoms with Gasteiger partial charge in [0, 0.05) is 38.7 Å². The molecule has 3 N–H and O–H groups in total. The molecule has 1 atom stereocenters. The van der Waals surface area contributed by atoms with E-state index in [1.165, 1.54) is 0 Å². The topological polar surface area (TPSA) is 95.6 Å². The van der Waals surface area contributed by atoms with E-state index in [4.69, 9.17) is 5.73 Å². The molecular weight excluding hydrogens is 318 g/mol. The summed E-state index contributed by atoms with van der Waals surface area (Å²) < 4.78 is 0. The van der Waals surface area contributed by atoms with Gasteiger partial charge in [0.1, 0.15) is 5.82 Å². The number of carbonyl (C=O) groups excluding carboxylic acids is 1. The van der Waals surface area contributed by atoms with Crippen LogP contribution in [0, 0.1) is 12.3 Å².